The van der Waals surface area contributed by atoms with Crippen molar-refractivity contribution in [3.63, 3.8) is 0 Å². The number of nitrogen functional groups attached to an aromatic ring is 1. The lowest BCUT2D eigenvalue weighted by Crippen LogP contribution is -2.43. The number of amides is 1. The second-order valence-corrected chi connectivity index (χ2v) is 6.39. The predicted molar refractivity (Wildman–Crippen MR) is 92.1 cm³/mol. The van der Waals surface area contributed by atoms with Crippen molar-refractivity contribution in [2.75, 3.05) is 18.9 Å². The van der Waals surface area contributed by atoms with Crippen molar-refractivity contribution < 1.29 is 23.7 Å². The van der Waals surface area contributed by atoms with Crippen molar-refractivity contribution in [3.05, 3.63) is 12.7 Å². The number of anilines is 1. The minimum atomic E-state index is -1.26. The number of nitrogens with one attached hydrogen (secondary N) is 1. The SMILES string of the molecule is CCNC(=O)[C@H]1O[C@@H](n2cnc3c(N)ncnc32)C2OC(C)(OCC)O[C@@H]21. The van der Waals surface area contributed by atoms with E-state index in [0.29, 0.717) is 24.3 Å². The van der Waals surface area contributed by atoms with Crippen LogP contribution >= 0.6 is 0 Å². The summed E-state index contributed by atoms with van der Waals surface area (Å²) in [5, 5.41) is 2.76. The molecular formula is C16H22N6O5. The van der Waals surface area contributed by atoms with Gasteiger partial charge in [0.05, 0.1) is 6.33 Å². The minimum absolute atomic E-state index is 0.260. The van der Waals surface area contributed by atoms with E-state index in [0.717, 1.165) is 0 Å². The molecule has 2 aromatic heterocycles. The highest BCUT2D eigenvalue weighted by Gasteiger charge is 2.60. The molecule has 0 radical (unpaired) electrons. The van der Waals surface area contributed by atoms with Crippen molar-refractivity contribution in [2.45, 2.75) is 51.3 Å². The third-order valence-electron chi connectivity index (χ3n) is 4.57. The molecule has 11 nitrogen and oxygen atoms in total. The summed E-state index contributed by atoms with van der Waals surface area (Å²) < 4.78 is 25.2. The number of ether oxygens (including phenoxy) is 4. The fourth-order valence-corrected chi connectivity index (χ4v) is 3.51. The van der Waals surface area contributed by atoms with E-state index in [4.69, 9.17) is 24.7 Å². The van der Waals surface area contributed by atoms with Gasteiger partial charge in [-0.25, -0.2) is 15.0 Å². The van der Waals surface area contributed by atoms with Crippen LogP contribution in [0.3, 0.4) is 0 Å². The molecule has 2 unspecified atom stereocenters. The molecule has 2 saturated heterocycles. The fourth-order valence-electron chi connectivity index (χ4n) is 3.51. The number of rotatable bonds is 5. The molecule has 0 spiro atoms. The summed E-state index contributed by atoms with van der Waals surface area (Å²) in [5.74, 6) is -1.28. The first kappa shape index (κ1) is 18.0. The third-order valence-corrected chi connectivity index (χ3v) is 4.57. The molecule has 11 heteroatoms. The summed E-state index contributed by atoms with van der Waals surface area (Å²) in [6, 6.07) is 0. The minimum Gasteiger partial charge on any atom is -0.382 e. The maximum atomic E-state index is 12.5. The van der Waals surface area contributed by atoms with Gasteiger partial charge in [-0.15, -0.1) is 0 Å². The summed E-state index contributed by atoms with van der Waals surface area (Å²) >= 11 is 0. The molecule has 146 valence electrons. The summed E-state index contributed by atoms with van der Waals surface area (Å²) in [6.07, 6.45) is 0.0948. The molecule has 2 aromatic rings. The van der Waals surface area contributed by atoms with E-state index in [1.807, 2.05) is 13.8 Å². The van der Waals surface area contributed by atoms with Crippen LogP contribution in [0, 0.1) is 0 Å². The van der Waals surface area contributed by atoms with Gasteiger partial charge in [0.1, 0.15) is 24.1 Å². The van der Waals surface area contributed by atoms with E-state index in [9.17, 15) is 4.79 Å². The van der Waals surface area contributed by atoms with E-state index in [1.54, 1.807) is 11.5 Å². The molecule has 0 saturated carbocycles. The van der Waals surface area contributed by atoms with Crippen molar-refractivity contribution >= 4 is 22.9 Å². The van der Waals surface area contributed by atoms with Crippen LogP contribution in [0.25, 0.3) is 11.2 Å². The fraction of sp³-hybridized carbons (Fsp3) is 0.625. The molecule has 2 aliphatic heterocycles. The van der Waals surface area contributed by atoms with E-state index in [2.05, 4.69) is 20.3 Å². The lowest BCUT2D eigenvalue weighted by molar-refractivity contribution is -0.342. The number of carbonyl (C=O) groups is 1. The van der Waals surface area contributed by atoms with Gasteiger partial charge in [0, 0.05) is 20.1 Å². The van der Waals surface area contributed by atoms with Crippen LogP contribution in [0.2, 0.25) is 0 Å². The van der Waals surface area contributed by atoms with Crippen LogP contribution in [-0.2, 0) is 23.7 Å². The summed E-state index contributed by atoms with van der Waals surface area (Å²) in [5.41, 5.74) is 6.80. The number of fused-ring (bicyclic) bond motifs is 2. The molecule has 4 rings (SSSR count). The van der Waals surface area contributed by atoms with Crippen molar-refractivity contribution in [3.8, 4) is 0 Å². The van der Waals surface area contributed by atoms with Gasteiger partial charge in [0.15, 0.2) is 23.8 Å². The van der Waals surface area contributed by atoms with Crippen molar-refractivity contribution in [2.24, 2.45) is 0 Å². The largest absolute Gasteiger partial charge is 0.382 e. The van der Waals surface area contributed by atoms with E-state index >= 15 is 0 Å². The molecule has 27 heavy (non-hydrogen) atoms. The zero-order valence-electron chi connectivity index (χ0n) is 15.3. The molecule has 5 atom stereocenters. The Morgan fingerprint density at radius 2 is 2.11 bits per heavy atom. The van der Waals surface area contributed by atoms with Gasteiger partial charge in [-0.05, 0) is 13.8 Å². The maximum Gasteiger partial charge on any atom is 0.280 e. The van der Waals surface area contributed by atoms with Crippen LogP contribution in [0.15, 0.2) is 12.7 Å². The van der Waals surface area contributed by atoms with Crippen LogP contribution < -0.4 is 11.1 Å². The molecule has 2 aliphatic rings. The van der Waals surface area contributed by atoms with E-state index in [1.165, 1.54) is 12.7 Å². The van der Waals surface area contributed by atoms with Crippen molar-refractivity contribution in [1.29, 1.82) is 0 Å². The number of imidazole rings is 1. The van der Waals surface area contributed by atoms with Gasteiger partial charge in [-0.2, -0.15) is 0 Å². The summed E-state index contributed by atoms with van der Waals surface area (Å²) in [7, 11) is 0. The van der Waals surface area contributed by atoms with Gasteiger partial charge >= 0.3 is 0 Å². The van der Waals surface area contributed by atoms with Gasteiger partial charge in [0.2, 0.25) is 0 Å². The first-order valence-electron chi connectivity index (χ1n) is 8.83. The predicted octanol–water partition coefficient (Wildman–Crippen LogP) is -0.0638. The molecular weight excluding hydrogens is 356 g/mol. The lowest BCUT2D eigenvalue weighted by Gasteiger charge is -2.27. The van der Waals surface area contributed by atoms with Crippen molar-refractivity contribution in [1.82, 2.24) is 24.8 Å². The number of carbonyl (C=O) groups excluding carboxylic acids is 1. The Morgan fingerprint density at radius 1 is 1.33 bits per heavy atom. The van der Waals surface area contributed by atoms with Crippen LogP contribution in [0.4, 0.5) is 5.82 Å². The molecule has 1 amide bonds. The first-order valence-corrected chi connectivity index (χ1v) is 8.83. The van der Waals surface area contributed by atoms with Crippen LogP contribution in [0.1, 0.15) is 27.0 Å². The zero-order chi connectivity index (χ0) is 19.2. The summed E-state index contributed by atoms with van der Waals surface area (Å²) in [4.78, 5) is 24.9. The van der Waals surface area contributed by atoms with Crippen LogP contribution in [-0.4, -0.2) is 62.9 Å². The normalized spacial score (nSPS) is 32.7. The van der Waals surface area contributed by atoms with Gasteiger partial charge in [-0.1, -0.05) is 0 Å². The molecule has 3 N–H and O–H groups in total. The van der Waals surface area contributed by atoms with Crippen LogP contribution in [0.5, 0.6) is 0 Å². The number of hydrogen-bond donors (Lipinski definition) is 2. The Bertz CT molecular complexity index is 859. The number of aromatic nitrogens is 4. The molecule has 0 aliphatic carbocycles. The second-order valence-electron chi connectivity index (χ2n) is 6.39. The Kier molecular flexibility index (Phi) is 4.46. The highest BCUT2D eigenvalue weighted by Crippen LogP contribution is 2.44. The molecule has 2 fully saturated rings. The van der Waals surface area contributed by atoms with Gasteiger partial charge in [0.25, 0.3) is 11.9 Å². The molecule has 0 aromatic carbocycles. The lowest BCUT2D eigenvalue weighted by atomic mass is 10.1. The van der Waals surface area contributed by atoms with E-state index in [-0.39, 0.29) is 11.7 Å². The van der Waals surface area contributed by atoms with Gasteiger partial charge < -0.3 is 30.0 Å². The topological polar surface area (TPSA) is 136 Å². The third kappa shape index (κ3) is 2.92. The number of nitrogens with zero attached hydrogens (tertiary/aromatic N) is 4. The highest BCUT2D eigenvalue weighted by molar-refractivity contribution is 5.82. The maximum absolute atomic E-state index is 12.5. The Labute approximate surface area is 155 Å². The molecule has 0 bridgehead atoms. The Morgan fingerprint density at radius 3 is 2.85 bits per heavy atom. The molecule has 4 heterocycles. The van der Waals surface area contributed by atoms with E-state index < -0.39 is 30.5 Å². The quantitative estimate of drug-likeness (QED) is 0.733. The Balaban J connectivity index is 1.72. The number of nitrogens with two attached hydrogens (primary N) is 1. The van der Waals surface area contributed by atoms with Gasteiger partial charge in [-0.3, -0.25) is 9.36 Å². The zero-order valence-corrected chi connectivity index (χ0v) is 15.3. The smallest absolute Gasteiger partial charge is 0.280 e. The standard InChI is InChI=1S/C16H22N6O5/c1-4-18-14(23)10-9-11(27-16(3,26-9)24-5-2)15(25-10)22-7-21-8-12(17)19-6-20-13(8)22/h6-7,9-11,15H,4-5H2,1-3H3,(H,18,23)(H2,17,19,20)/t9-,10+,11?,15-,16?/m1/s1. The average molecular weight is 378 g/mol. The monoisotopic (exact) mass is 378 g/mol. The summed E-state index contributed by atoms with van der Waals surface area (Å²) in [6.45, 7) is 6.21. The second kappa shape index (κ2) is 6.68. The number of hydrogen-bond acceptors (Lipinski definition) is 9. The average Bonchev–Trinajstić information content (AvgIpc) is 3.27. The Hall–Kier alpha value is -2.34. The first-order chi connectivity index (χ1) is 13.0. The highest BCUT2D eigenvalue weighted by atomic mass is 16.9. The number of likely N-dealkylation sites (N-methyl/N-ethyl adjacent to an activating group) is 1.